The lowest BCUT2D eigenvalue weighted by Gasteiger charge is -2.72. The van der Waals surface area contributed by atoms with Crippen LogP contribution in [0.5, 0.6) is 0 Å². The highest BCUT2D eigenvalue weighted by atomic mass is 16.5. The Balaban J connectivity index is 0.683. The number of allylic oxidation sites excluding steroid dienone is 4. The molecule has 0 radical (unpaired) electrons. The minimum atomic E-state index is -1.57. The summed E-state index contributed by atoms with van der Waals surface area (Å²) in [6, 6.07) is 5.34. The Hall–Kier alpha value is -6.79. The summed E-state index contributed by atoms with van der Waals surface area (Å²) in [5.74, 6) is 0.304. The van der Waals surface area contributed by atoms with E-state index in [4.69, 9.17) is 33.5 Å². The van der Waals surface area contributed by atoms with Gasteiger partial charge in [-0.2, -0.15) is 0 Å². The van der Waals surface area contributed by atoms with Gasteiger partial charge in [0, 0.05) is 42.8 Å². The second-order valence-electron chi connectivity index (χ2n) is 37.4. The van der Waals surface area contributed by atoms with Crippen molar-refractivity contribution in [3.63, 3.8) is 0 Å². The van der Waals surface area contributed by atoms with Crippen molar-refractivity contribution in [1.29, 1.82) is 0 Å². The molecule has 0 aromatic carbocycles. The smallest absolute Gasteiger partial charge is 0.310 e. The molecule has 552 valence electrons. The van der Waals surface area contributed by atoms with E-state index < -0.39 is 51.6 Å². The number of hydrogen-bond acceptors (Lipinski definition) is 17. The second kappa shape index (κ2) is 25.5. The number of esters is 2. The summed E-state index contributed by atoms with van der Waals surface area (Å²) in [5, 5.41) is 39.5. The largest absolute Gasteiger partial charge is 0.481 e. The number of hydrogen-bond donors (Lipinski definition) is 2. The minimum Gasteiger partial charge on any atom is -0.481 e. The van der Waals surface area contributed by atoms with Crippen LogP contribution in [-0.2, 0) is 55.5 Å². The molecule has 4 aromatic heterocycles. The Morgan fingerprint density at radius 3 is 1.75 bits per heavy atom. The van der Waals surface area contributed by atoms with Crippen LogP contribution in [0.15, 0.2) is 68.0 Å². The fourth-order valence-corrected chi connectivity index (χ4v) is 24.7. The normalized spacial score (nSPS) is 36.4. The van der Waals surface area contributed by atoms with Gasteiger partial charge in [-0.05, 0) is 244 Å². The van der Waals surface area contributed by atoms with Gasteiger partial charge in [-0.25, -0.2) is 15.0 Å². The van der Waals surface area contributed by atoms with E-state index in [1.54, 1.807) is 51.4 Å². The zero-order valence-corrected chi connectivity index (χ0v) is 63.9. The molecule has 9 aliphatic rings. The molecule has 2 N–H and O–H groups in total. The average molecular weight is 1400 g/mol. The third-order valence-electron chi connectivity index (χ3n) is 30.9. The molecule has 4 heterocycles. The van der Waals surface area contributed by atoms with Crippen molar-refractivity contribution < 1.29 is 57.3 Å². The van der Waals surface area contributed by atoms with Crippen LogP contribution in [-0.4, -0.2) is 93.2 Å². The molecule has 0 amide bonds. The van der Waals surface area contributed by atoms with Crippen LogP contribution < -0.4 is 0 Å². The van der Waals surface area contributed by atoms with Gasteiger partial charge in [0.25, 0.3) is 11.8 Å². The SMILES string of the molecule is CC[C@H](CC[C@@]1(C)[C@H](C)CC[C@]2(C)[C@@H]1CC[C@@H]1C3=C(C(C)C)C(=O)C[C@]3(c3nnc(-c4cncnc4)o3)CC[C@]12C)OC(=O)CC(C)(Cc1cccc(-c2nnc([C@@]34CC[C@]5(C)[C@H](CC[C@@H]6[C@@]7(C)CC[C@H](OC(=O)CC(C)(C)C(=O)O)C(C)(C)[C@@H]7CC[C@]65C)C3=C(C(C)C)C(=O)C4)o2)n1)C(=O)O. The summed E-state index contributed by atoms with van der Waals surface area (Å²) < 4.78 is 26.0. The van der Waals surface area contributed by atoms with Gasteiger partial charge >= 0.3 is 23.9 Å². The minimum absolute atomic E-state index is 0.0251. The van der Waals surface area contributed by atoms with Crippen molar-refractivity contribution in [3.05, 3.63) is 76.7 Å². The molecule has 4 aromatic rings. The third kappa shape index (κ3) is 11.2. The monoisotopic (exact) mass is 1400 g/mol. The molecule has 9 aliphatic carbocycles. The molecule has 0 spiro atoms. The fourth-order valence-electron chi connectivity index (χ4n) is 24.7. The van der Waals surface area contributed by atoms with Crippen molar-refractivity contribution in [1.82, 2.24) is 35.3 Å². The van der Waals surface area contributed by atoms with Crippen molar-refractivity contribution in [2.24, 2.45) is 96.1 Å². The van der Waals surface area contributed by atoms with E-state index in [9.17, 15) is 39.0 Å². The summed E-state index contributed by atoms with van der Waals surface area (Å²) in [4.78, 5) is 95.6. The third-order valence-corrected chi connectivity index (χ3v) is 30.9. The van der Waals surface area contributed by atoms with E-state index in [-0.39, 0.29) is 117 Å². The summed E-state index contributed by atoms with van der Waals surface area (Å²) in [6.07, 6.45) is 18.9. The summed E-state index contributed by atoms with van der Waals surface area (Å²) in [6.45, 7) is 37.2. The maximum Gasteiger partial charge on any atom is 0.310 e. The lowest BCUT2D eigenvalue weighted by Crippen LogP contribution is -2.66. The number of pyridine rings is 1. The van der Waals surface area contributed by atoms with Crippen LogP contribution in [0.25, 0.3) is 23.0 Å². The van der Waals surface area contributed by atoms with E-state index in [0.717, 1.165) is 94.6 Å². The number of aliphatic carboxylic acids is 2. The molecule has 1 unspecified atom stereocenters. The van der Waals surface area contributed by atoms with Crippen molar-refractivity contribution in [3.8, 4) is 23.0 Å². The highest BCUT2D eigenvalue weighted by molar-refractivity contribution is 6.02. The molecular formula is C83H113N7O12. The van der Waals surface area contributed by atoms with Gasteiger partial charge in [0.2, 0.25) is 11.8 Å². The first-order valence-corrected chi connectivity index (χ1v) is 38.6. The molecule has 19 nitrogen and oxygen atoms in total. The Labute approximate surface area is 603 Å². The van der Waals surface area contributed by atoms with Crippen molar-refractivity contribution in [2.75, 3.05) is 0 Å². The Morgan fingerprint density at radius 2 is 1.19 bits per heavy atom. The number of ketones is 2. The number of carboxylic acids is 2. The quantitative estimate of drug-likeness (QED) is 0.0778. The first kappa shape index (κ1) is 73.5. The number of carbonyl (C=O) groups is 6. The van der Waals surface area contributed by atoms with E-state index in [1.165, 1.54) is 17.5 Å². The number of aromatic nitrogens is 7. The predicted molar refractivity (Wildman–Crippen MR) is 382 cm³/mol. The van der Waals surface area contributed by atoms with Gasteiger partial charge in [0.1, 0.15) is 24.2 Å². The Kier molecular flexibility index (Phi) is 18.4. The zero-order chi connectivity index (χ0) is 73.7. The first-order chi connectivity index (χ1) is 47.8. The van der Waals surface area contributed by atoms with Gasteiger partial charge < -0.3 is 28.5 Å². The van der Waals surface area contributed by atoms with Crippen LogP contribution >= 0.6 is 0 Å². The molecule has 19 heteroatoms. The number of carbonyl (C=O) groups excluding carboxylic acids is 4. The van der Waals surface area contributed by atoms with Crippen LogP contribution in [0.4, 0.5) is 0 Å². The number of fused-ring (bicyclic) bond motifs is 12. The number of Topliss-reactive ketones (excluding diaryl/α,β-unsaturated/α-hetero) is 2. The van der Waals surface area contributed by atoms with Crippen LogP contribution in [0.1, 0.15) is 270 Å². The number of rotatable bonds is 20. The highest BCUT2D eigenvalue weighted by Gasteiger charge is 2.73. The fraction of sp³-hybridized carbons (Fsp3) is 0.723. The van der Waals surface area contributed by atoms with Gasteiger partial charge in [0.05, 0.1) is 40.1 Å². The standard InChI is InChI=1S/C83H113N7O12/c1-18-51(27-30-76(12)48(6)26-32-80(16)58(76)24-22-52-65-63(46(2)3)55(91)39-82(65,36-34-78(52,80)14)69-89-87-67(101-69)49-43-84-45-85-44-49)99-62(94)42-75(11,72(97)98)38-50-20-19-21-54(86-50)68-88-90-70(102-68)83-37-35-79(15)53(66(83)64(47(4)5)56(92)40-83)23-25-59-77(13)31-29-60(100-61(93)41-73(7,8)71(95)96)74(9,10)57(77)28-33-81(59,79)17/h19-21,43-48,51-53,57-60H,18,22-42H2,1-17H3,(H,95,96)(H,97,98)/t48-,51-,52-,53-,57+,58-,59-,60+,75?,76+,77+,78-,79-,80-,81-,82-,83-/m1/s1. The molecule has 102 heavy (non-hydrogen) atoms. The van der Waals surface area contributed by atoms with Gasteiger partial charge in [-0.15, -0.1) is 20.4 Å². The average Bonchev–Trinajstić information content (AvgIpc) is 1.23. The summed E-state index contributed by atoms with van der Waals surface area (Å²) >= 11 is 0. The number of ether oxygens (including phenoxy) is 2. The predicted octanol–water partition coefficient (Wildman–Crippen LogP) is 16.9. The second-order valence-corrected chi connectivity index (χ2v) is 37.4. The maximum atomic E-state index is 14.7. The maximum absolute atomic E-state index is 14.7. The van der Waals surface area contributed by atoms with Crippen LogP contribution in [0, 0.1) is 96.1 Å². The van der Waals surface area contributed by atoms with Gasteiger partial charge in [0.15, 0.2) is 11.6 Å². The lowest BCUT2D eigenvalue weighted by atomic mass is 9.33. The molecule has 17 atom stereocenters. The Morgan fingerprint density at radius 1 is 0.627 bits per heavy atom. The van der Waals surface area contributed by atoms with Crippen LogP contribution in [0.3, 0.4) is 0 Å². The van der Waals surface area contributed by atoms with Crippen molar-refractivity contribution >= 4 is 35.4 Å². The van der Waals surface area contributed by atoms with Crippen molar-refractivity contribution in [2.45, 2.75) is 282 Å². The van der Waals surface area contributed by atoms with E-state index in [0.29, 0.717) is 84.5 Å². The first-order valence-electron chi connectivity index (χ1n) is 38.6. The van der Waals surface area contributed by atoms with E-state index in [1.807, 2.05) is 6.92 Å². The lowest BCUT2D eigenvalue weighted by molar-refractivity contribution is -0.232. The van der Waals surface area contributed by atoms with Crippen LogP contribution in [0.2, 0.25) is 0 Å². The molecule has 0 aliphatic heterocycles. The highest BCUT2D eigenvalue weighted by Crippen LogP contribution is 2.78. The molecule has 13 rings (SSSR count). The number of carboxylic acid groups (broad SMARTS) is 2. The molecule has 7 saturated carbocycles. The zero-order valence-electron chi connectivity index (χ0n) is 63.9. The van der Waals surface area contributed by atoms with E-state index >= 15 is 0 Å². The summed E-state index contributed by atoms with van der Waals surface area (Å²) in [5.41, 5.74) is 0.559. The summed E-state index contributed by atoms with van der Waals surface area (Å²) in [7, 11) is 0. The van der Waals surface area contributed by atoms with E-state index in [2.05, 4.69) is 110 Å². The molecule has 0 bridgehead atoms. The molecule has 7 fully saturated rings. The topological polar surface area (TPSA) is 278 Å². The molecular weight excluding hydrogens is 1290 g/mol. The number of nitrogens with zero attached hydrogens (tertiary/aromatic N) is 7. The Bertz CT molecular complexity index is 4070. The molecule has 0 saturated heterocycles. The van der Waals surface area contributed by atoms with Gasteiger partial charge in [-0.3, -0.25) is 28.8 Å². The van der Waals surface area contributed by atoms with Gasteiger partial charge in [-0.1, -0.05) is 103 Å².